The van der Waals surface area contributed by atoms with Crippen molar-refractivity contribution in [2.45, 2.75) is 25.9 Å². The maximum absolute atomic E-state index is 11.5. The summed E-state index contributed by atoms with van der Waals surface area (Å²) in [6.07, 6.45) is -0.678. The molecule has 9 heteroatoms. The number of aryl methyl sites for hydroxylation is 1. The number of hydrogen-bond acceptors (Lipinski definition) is 5. The first-order chi connectivity index (χ1) is 8.90. The smallest absolute Gasteiger partial charge is 0.326 e. The molecular formula is C10H13N3O5S. The highest BCUT2D eigenvalue weighted by atomic mass is 32.1. The lowest BCUT2D eigenvalue weighted by Gasteiger charge is -2.12. The van der Waals surface area contributed by atoms with Crippen molar-refractivity contribution in [3.63, 3.8) is 0 Å². The maximum Gasteiger partial charge on any atom is 0.326 e. The van der Waals surface area contributed by atoms with E-state index >= 15 is 0 Å². The Kier molecular flexibility index (Phi) is 5.24. The highest BCUT2D eigenvalue weighted by Gasteiger charge is 2.22. The van der Waals surface area contributed by atoms with E-state index in [0.29, 0.717) is 0 Å². The van der Waals surface area contributed by atoms with Crippen LogP contribution in [0.2, 0.25) is 0 Å². The molecule has 8 nitrogen and oxygen atoms in total. The van der Waals surface area contributed by atoms with Gasteiger partial charge in [-0.1, -0.05) is 0 Å². The predicted octanol–water partition coefficient (Wildman–Crippen LogP) is 0.179. The van der Waals surface area contributed by atoms with Crippen LogP contribution in [-0.4, -0.2) is 39.2 Å². The van der Waals surface area contributed by atoms with Crippen molar-refractivity contribution in [2.75, 3.05) is 0 Å². The number of urea groups is 1. The molecule has 0 saturated heterocycles. The summed E-state index contributed by atoms with van der Waals surface area (Å²) in [7, 11) is 0. The number of aliphatic carboxylic acids is 2. The van der Waals surface area contributed by atoms with Crippen molar-refractivity contribution in [1.82, 2.24) is 15.6 Å². The molecule has 0 spiro atoms. The molecule has 1 aromatic heterocycles. The van der Waals surface area contributed by atoms with Crippen molar-refractivity contribution in [3.05, 3.63) is 16.1 Å². The van der Waals surface area contributed by atoms with Crippen LogP contribution in [0.1, 0.15) is 17.0 Å². The number of amides is 2. The van der Waals surface area contributed by atoms with E-state index in [1.165, 1.54) is 11.3 Å². The average Bonchev–Trinajstić information content (AvgIpc) is 2.70. The lowest BCUT2D eigenvalue weighted by atomic mass is 10.2. The number of hydrogen-bond donors (Lipinski definition) is 4. The molecule has 0 fully saturated rings. The molecule has 0 unspecified atom stereocenters. The van der Waals surface area contributed by atoms with Gasteiger partial charge < -0.3 is 20.8 Å². The number of carbonyl (C=O) groups excluding carboxylic acids is 1. The van der Waals surface area contributed by atoms with Gasteiger partial charge in [-0.25, -0.2) is 14.6 Å². The average molecular weight is 287 g/mol. The maximum atomic E-state index is 11.5. The molecule has 1 heterocycles. The second-order valence-electron chi connectivity index (χ2n) is 3.68. The van der Waals surface area contributed by atoms with Crippen LogP contribution in [-0.2, 0) is 16.1 Å². The summed E-state index contributed by atoms with van der Waals surface area (Å²) in [5, 5.41) is 21.8. The van der Waals surface area contributed by atoms with Crippen LogP contribution in [0, 0.1) is 6.92 Å². The van der Waals surface area contributed by atoms with Crippen LogP contribution in [0.4, 0.5) is 4.79 Å². The molecule has 2 amide bonds. The SMILES string of the molecule is Cc1ncsc1CNC(=O)N[C@@H](CC(=O)O)C(=O)O. The highest BCUT2D eigenvalue weighted by Crippen LogP contribution is 2.10. The largest absolute Gasteiger partial charge is 0.481 e. The van der Waals surface area contributed by atoms with Gasteiger partial charge in [0.2, 0.25) is 0 Å². The molecule has 0 saturated carbocycles. The molecule has 19 heavy (non-hydrogen) atoms. The Hall–Kier alpha value is -2.16. The van der Waals surface area contributed by atoms with Crippen molar-refractivity contribution in [3.8, 4) is 0 Å². The number of carboxylic acids is 2. The summed E-state index contributed by atoms with van der Waals surface area (Å²) in [5.41, 5.74) is 2.42. The second-order valence-corrected chi connectivity index (χ2v) is 4.62. The number of thiazole rings is 1. The third kappa shape index (κ3) is 4.92. The topological polar surface area (TPSA) is 129 Å². The van der Waals surface area contributed by atoms with Crippen molar-refractivity contribution in [2.24, 2.45) is 0 Å². The Morgan fingerprint density at radius 1 is 1.42 bits per heavy atom. The summed E-state index contributed by atoms with van der Waals surface area (Å²) in [4.78, 5) is 37.5. The van der Waals surface area contributed by atoms with Crippen molar-refractivity contribution >= 4 is 29.3 Å². The Balaban J connectivity index is 2.47. The van der Waals surface area contributed by atoms with Crippen LogP contribution in [0.3, 0.4) is 0 Å². The fourth-order valence-electron chi connectivity index (χ4n) is 1.24. The zero-order valence-electron chi connectivity index (χ0n) is 10.0. The van der Waals surface area contributed by atoms with E-state index in [2.05, 4.69) is 15.6 Å². The van der Waals surface area contributed by atoms with E-state index in [1.807, 2.05) is 0 Å². The van der Waals surface area contributed by atoms with Gasteiger partial charge in [0.1, 0.15) is 6.04 Å². The fraction of sp³-hybridized carbons (Fsp3) is 0.400. The lowest BCUT2D eigenvalue weighted by Crippen LogP contribution is -2.46. The first kappa shape index (κ1) is 14.9. The zero-order valence-corrected chi connectivity index (χ0v) is 10.9. The summed E-state index contributed by atoms with van der Waals surface area (Å²) in [6, 6.07) is -2.19. The van der Waals surface area contributed by atoms with Crippen LogP contribution in [0.15, 0.2) is 5.51 Å². The Labute approximate surface area is 112 Å². The monoisotopic (exact) mass is 287 g/mol. The van der Waals surface area contributed by atoms with Crippen LogP contribution >= 0.6 is 11.3 Å². The quantitative estimate of drug-likeness (QED) is 0.590. The summed E-state index contributed by atoms with van der Waals surface area (Å²) < 4.78 is 0. The number of carboxylic acid groups (broad SMARTS) is 2. The normalized spacial score (nSPS) is 11.6. The molecule has 104 valence electrons. The molecule has 0 aliphatic carbocycles. The molecule has 0 aromatic carbocycles. The van der Waals surface area contributed by atoms with Gasteiger partial charge >= 0.3 is 18.0 Å². The van der Waals surface area contributed by atoms with Crippen LogP contribution < -0.4 is 10.6 Å². The van der Waals surface area contributed by atoms with E-state index in [-0.39, 0.29) is 6.54 Å². The number of carbonyl (C=O) groups is 3. The molecule has 1 atom stereocenters. The molecule has 0 aliphatic rings. The van der Waals surface area contributed by atoms with Gasteiger partial charge in [0, 0.05) is 4.88 Å². The number of aromatic nitrogens is 1. The molecule has 0 radical (unpaired) electrons. The number of nitrogens with zero attached hydrogens (tertiary/aromatic N) is 1. The fourth-order valence-corrected chi connectivity index (χ4v) is 1.96. The van der Waals surface area contributed by atoms with Gasteiger partial charge in [-0.2, -0.15) is 0 Å². The van der Waals surface area contributed by atoms with Crippen molar-refractivity contribution in [1.29, 1.82) is 0 Å². The van der Waals surface area contributed by atoms with Crippen LogP contribution in [0.25, 0.3) is 0 Å². The Morgan fingerprint density at radius 2 is 2.11 bits per heavy atom. The summed E-state index contributed by atoms with van der Waals surface area (Å²) >= 11 is 1.36. The molecule has 0 bridgehead atoms. The third-order valence-electron chi connectivity index (χ3n) is 2.24. The molecule has 0 aliphatic heterocycles. The minimum Gasteiger partial charge on any atom is -0.481 e. The van der Waals surface area contributed by atoms with E-state index in [4.69, 9.17) is 10.2 Å². The summed E-state index contributed by atoms with van der Waals surface area (Å²) in [5.74, 6) is -2.70. The van der Waals surface area contributed by atoms with Gasteiger partial charge in [-0.3, -0.25) is 4.79 Å². The minimum atomic E-state index is -1.46. The first-order valence-corrected chi connectivity index (χ1v) is 6.16. The standard InChI is InChI=1S/C10H13N3O5S/c1-5-7(19-4-12-5)3-11-10(18)13-6(9(16)17)2-8(14)15/h4,6H,2-3H2,1H3,(H,14,15)(H,16,17)(H2,11,13,18)/t6-/m0/s1. The van der Waals surface area contributed by atoms with Gasteiger partial charge in [-0.15, -0.1) is 11.3 Å². The van der Waals surface area contributed by atoms with Crippen LogP contribution in [0.5, 0.6) is 0 Å². The van der Waals surface area contributed by atoms with Gasteiger partial charge in [0.25, 0.3) is 0 Å². The first-order valence-electron chi connectivity index (χ1n) is 5.28. The molecule has 4 N–H and O–H groups in total. The third-order valence-corrected chi connectivity index (χ3v) is 3.17. The van der Waals surface area contributed by atoms with Gasteiger partial charge in [-0.05, 0) is 6.92 Å². The van der Waals surface area contributed by atoms with E-state index in [1.54, 1.807) is 12.4 Å². The van der Waals surface area contributed by atoms with Crippen molar-refractivity contribution < 1.29 is 24.6 Å². The molecule has 1 rings (SSSR count). The Morgan fingerprint density at radius 3 is 2.58 bits per heavy atom. The summed E-state index contributed by atoms with van der Waals surface area (Å²) in [6.45, 7) is 2.00. The molecule has 1 aromatic rings. The van der Waals surface area contributed by atoms with Gasteiger partial charge in [0.15, 0.2) is 0 Å². The zero-order chi connectivity index (χ0) is 14.4. The Bertz CT molecular complexity index is 487. The van der Waals surface area contributed by atoms with E-state index < -0.39 is 30.4 Å². The number of nitrogens with one attached hydrogen (secondary N) is 2. The highest BCUT2D eigenvalue weighted by molar-refractivity contribution is 7.09. The second kappa shape index (κ2) is 6.69. The minimum absolute atomic E-state index is 0.210. The predicted molar refractivity (Wildman–Crippen MR) is 65.9 cm³/mol. The number of rotatable bonds is 6. The van der Waals surface area contributed by atoms with E-state index in [0.717, 1.165) is 10.6 Å². The van der Waals surface area contributed by atoms with E-state index in [9.17, 15) is 14.4 Å². The molecular weight excluding hydrogens is 274 g/mol. The van der Waals surface area contributed by atoms with Gasteiger partial charge in [0.05, 0.1) is 24.2 Å². The lowest BCUT2D eigenvalue weighted by molar-refractivity contribution is -0.145.